The van der Waals surface area contributed by atoms with E-state index in [1.807, 2.05) is 0 Å². The number of rotatable bonds is 5. The van der Waals surface area contributed by atoms with Crippen molar-refractivity contribution in [2.24, 2.45) is 0 Å². The third-order valence-corrected chi connectivity index (χ3v) is 3.85. The highest BCUT2D eigenvalue weighted by atomic mass is 32.2. The van der Waals surface area contributed by atoms with Crippen molar-refractivity contribution in [2.45, 2.75) is 11.9 Å². The number of sulfone groups is 1. The van der Waals surface area contributed by atoms with Gasteiger partial charge in [0.2, 0.25) is 6.30 Å². The summed E-state index contributed by atoms with van der Waals surface area (Å²) in [4.78, 5) is 3.55. The van der Waals surface area contributed by atoms with Crippen LogP contribution in [-0.2, 0) is 15.4 Å². The molecular weight excluding hydrogens is 304 g/mol. The first-order valence-corrected chi connectivity index (χ1v) is 7.93. The van der Waals surface area contributed by atoms with Crippen molar-refractivity contribution in [1.82, 2.24) is 14.8 Å². The molecule has 0 saturated heterocycles. The summed E-state index contributed by atoms with van der Waals surface area (Å²) in [6.45, 7) is 0. The minimum Gasteiger partial charge on any atom is -0.379 e. The monoisotopic (exact) mass is 317 g/mol. The van der Waals surface area contributed by atoms with Gasteiger partial charge in [-0.05, 0) is 17.7 Å². The summed E-state index contributed by atoms with van der Waals surface area (Å²) in [6.07, 6.45) is 0.745. The van der Waals surface area contributed by atoms with Crippen LogP contribution in [0.5, 0.6) is 0 Å². The van der Waals surface area contributed by atoms with E-state index in [0.717, 1.165) is 43.2 Å². The van der Waals surface area contributed by atoms with Crippen molar-refractivity contribution in [3.8, 4) is 0 Å². The molecule has 2 atom stereocenters. The second-order valence-electron chi connectivity index (χ2n) is 4.71. The first kappa shape index (κ1) is 15.5. The Balaban J connectivity index is 2.51. The molecule has 114 valence electrons. The Hall–Kier alpha value is -1.87. The maximum atomic E-state index is 14.6. The molecule has 9 heteroatoms. The summed E-state index contributed by atoms with van der Waals surface area (Å²) in [5, 5.41) is 14.1. The summed E-state index contributed by atoms with van der Waals surface area (Å²) in [7, 11) is -3.72. The van der Waals surface area contributed by atoms with Crippen LogP contribution in [0, 0.1) is 5.82 Å². The summed E-state index contributed by atoms with van der Waals surface area (Å²) in [6, 6.07) is 4.28. The van der Waals surface area contributed by atoms with Crippen molar-refractivity contribution in [3.63, 3.8) is 0 Å². The Morgan fingerprint density at radius 1 is 1.38 bits per heavy atom. The van der Waals surface area contributed by atoms with Gasteiger partial charge >= 0.3 is 0 Å². The van der Waals surface area contributed by atoms with Gasteiger partial charge in [-0.2, -0.15) is 5.10 Å². The Kier molecular flexibility index (Phi) is 4.06. The van der Waals surface area contributed by atoms with Gasteiger partial charge in [0, 0.05) is 6.26 Å². The minimum absolute atomic E-state index is 0.0719. The quantitative estimate of drug-likeness (QED) is 0.882. The normalized spacial score (nSPS) is 16.4. The fraction of sp³-hybridized carbons (Fsp3) is 0.333. The molecule has 0 radical (unpaired) electrons. The molecular formula is C12H13F2N3O3S. The van der Waals surface area contributed by atoms with E-state index in [0.29, 0.717) is 4.68 Å². The molecule has 0 aliphatic heterocycles. The molecule has 21 heavy (non-hydrogen) atoms. The molecule has 0 aliphatic carbocycles. The van der Waals surface area contributed by atoms with Crippen LogP contribution < -0.4 is 0 Å². The largest absolute Gasteiger partial charge is 0.379 e. The SMILES string of the molecule is CS(=O)(=O)CC(O)(c1ccc(F)cc1)C(F)n1cncn1. The first-order valence-electron chi connectivity index (χ1n) is 5.87. The average molecular weight is 317 g/mol. The molecule has 0 aliphatic rings. The van der Waals surface area contributed by atoms with Gasteiger partial charge in [-0.1, -0.05) is 12.1 Å². The maximum absolute atomic E-state index is 14.6. The lowest BCUT2D eigenvalue weighted by atomic mass is 9.94. The van der Waals surface area contributed by atoms with Gasteiger partial charge in [-0.15, -0.1) is 0 Å². The zero-order valence-corrected chi connectivity index (χ0v) is 11.8. The second-order valence-corrected chi connectivity index (χ2v) is 6.85. The summed E-state index contributed by atoms with van der Waals surface area (Å²) in [5.41, 5.74) is -2.48. The lowest BCUT2D eigenvalue weighted by Crippen LogP contribution is -2.41. The topological polar surface area (TPSA) is 85.1 Å². The van der Waals surface area contributed by atoms with E-state index in [1.165, 1.54) is 0 Å². The Labute approximate surface area is 120 Å². The van der Waals surface area contributed by atoms with Crippen LogP contribution in [0.4, 0.5) is 8.78 Å². The fourth-order valence-electron chi connectivity index (χ4n) is 1.98. The molecule has 2 unspecified atom stereocenters. The van der Waals surface area contributed by atoms with E-state index < -0.39 is 33.3 Å². The number of hydrogen-bond acceptors (Lipinski definition) is 5. The molecule has 0 amide bonds. The van der Waals surface area contributed by atoms with Gasteiger partial charge in [0.1, 0.15) is 18.5 Å². The molecule has 1 N–H and O–H groups in total. The molecule has 0 fully saturated rings. The molecule has 2 aromatic rings. The highest BCUT2D eigenvalue weighted by Crippen LogP contribution is 2.35. The van der Waals surface area contributed by atoms with E-state index in [2.05, 4.69) is 10.1 Å². The highest BCUT2D eigenvalue weighted by molar-refractivity contribution is 7.90. The van der Waals surface area contributed by atoms with E-state index in [-0.39, 0.29) is 5.56 Å². The van der Waals surface area contributed by atoms with Crippen LogP contribution in [0.15, 0.2) is 36.9 Å². The third-order valence-electron chi connectivity index (χ3n) is 2.89. The predicted molar refractivity (Wildman–Crippen MR) is 70.2 cm³/mol. The Morgan fingerprint density at radius 2 is 2.00 bits per heavy atom. The van der Waals surface area contributed by atoms with Gasteiger partial charge < -0.3 is 5.11 Å². The van der Waals surface area contributed by atoms with Gasteiger partial charge in [0.15, 0.2) is 15.4 Å². The lowest BCUT2D eigenvalue weighted by Gasteiger charge is -2.31. The number of halogens is 2. The summed E-state index contributed by atoms with van der Waals surface area (Å²) in [5.74, 6) is -1.47. The van der Waals surface area contributed by atoms with Crippen LogP contribution in [-0.4, -0.2) is 40.3 Å². The van der Waals surface area contributed by atoms with Crippen LogP contribution >= 0.6 is 0 Å². The molecule has 1 aromatic heterocycles. The molecule has 0 spiro atoms. The Bertz CT molecular complexity index is 704. The lowest BCUT2D eigenvalue weighted by molar-refractivity contribution is -0.0634. The maximum Gasteiger partial charge on any atom is 0.226 e. The van der Waals surface area contributed by atoms with Crippen LogP contribution in [0.25, 0.3) is 0 Å². The Morgan fingerprint density at radius 3 is 2.48 bits per heavy atom. The van der Waals surface area contributed by atoms with Gasteiger partial charge in [-0.3, -0.25) is 0 Å². The first-order chi connectivity index (χ1) is 9.72. The average Bonchev–Trinajstić information content (AvgIpc) is 2.90. The number of nitrogens with zero attached hydrogens (tertiary/aromatic N) is 3. The molecule has 1 aromatic carbocycles. The molecule has 1 heterocycles. The minimum atomic E-state index is -3.72. The van der Waals surface area contributed by atoms with Crippen LogP contribution in [0.2, 0.25) is 0 Å². The van der Waals surface area contributed by atoms with E-state index in [9.17, 15) is 22.3 Å². The van der Waals surface area contributed by atoms with Crippen molar-refractivity contribution in [1.29, 1.82) is 0 Å². The van der Waals surface area contributed by atoms with Crippen molar-refractivity contribution >= 4 is 9.84 Å². The molecule has 2 rings (SSSR count). The third kappa shape index (κ3) is 3.42. The van der Waals surface area contributed by atoms with E-state index >= 15 is 0 Å². The fourth-order valence-corrected chi connectivity index (χ4v) is 3.08. The highest BCUT2D eigenvalue weighted by Gasteiger charge is 2.43. The van der Waals surface area contributed by atoms with Crippen LogP contribution in [0.3, 0.4) is 0 Å². The number of aromatic nitrogens is 3. The second kappa shape index (κ2) is 5.49. The van der Waals surface area contributed by atoms with Crippen molar-refractivity contribution in [2.75, 3.05) is 12.0 Å². The predicted octanol–water partition coefficient (Wildman–Crippen LogP) is 0.818. The summed E-state index contributed by atoms with van der Waals surface area (Å²) < 4.78 is 51.3. The molecule has 0 saturated carbocycles. The zero-order valence-electron chi connectivity index (χ0n) is 11.0. The smallest absolute Gasteiger partial charge is 0.226 e. The number of aliphatic hydroxyl groups is 1. The van der Waals surface area contributed by atoms with Crippen molar-refractivity contribution in [3.05, 3.63) is 48.3 Å². The number of alkyl halides is 1. The number of benzene rings is 1. The molecule has 0 bridgehead atoms. The van der Waals surface area contributed by atoms with E-state index in [1.54, 1.807) is 0 Å². The zero-order chi connectivity index (χ0) is 15.7. The van der Waals surface area contributed by atoms with E-state index in [4.69, 9.17) is 0 Å². The van der Waals surface area contributed by atoms with Gasteiger partial charge in [0.05, 0.1) is 5.75 Å². The van der Waals surface area contributed by atoms with Crippen LogP contribution in [0.1, 0.15) is 11.9 Å². The standard InChI is InChI=1S/C12H13F2N3O3S/c1-21(19,20)6-12(18,9-2-4-10(13)5-3-9)11(14)17-8-15-7-16-17/h2-5,7-8,11,18H,6H2,1H3. The molecule has 6 nitrogen and oxygen atoms in total. The van der Waals surface area contributed by atoms with Crippen molar-refractivity contribution < 1.29 is 22.3 Å². The number of hydrogen-bond donors (Lipinski definition) is 1. The summed E-state index contributed by atoms with van der Waals surface area (Å²) >= 11 is 0. The van der Waals surface area contributed by atoms with Gasteiger partial charge in [0.25, 0.3) is 0 Å². The van der Waals surface area contributed by atoms with Gasteiger partial charge in [-0.25, -0.2) is 26.9 Å².